The van der Waals surface area contributed by atoms with Crippen LogP contribution in [0.5, 0.6) is 11.5 Å². The molecule has 1 aromatic carbocycles. The molecule has 1 aliphatic rings. The number of benzene rings is 1. The average molecular weight is 357 g/mol. The van der Waals surface area contributed by atoms with Crippen LogP contribution in [0.1, 0.15) is 31.2 Å². The number of nitrogens with zero attached hydrogens (tertiary/aromatic N) is 2. The van der Waals surface area contributed by atoms with Gasteiger partial charge in [-0.05, 0) is 37.0 Å². The summed E-state index contributed by atoms with van der Waals surface area (Å²) in [7, 11) is 3.27. The predicted molar refractivity (Wildman–Crippen MR) is 104 cm³/mol. The Morgan fingerprint density at radius 1 is 1.08 bits per heavy atom. The van der Waals surface area contributed by atoms with E-state index in [1.807, 2.05) is 18.2 Å². The van der Waals surface area contributed by atoms with E-state index >= 15 is 0 Å². The average Bonchev–Trinajstić information content (AvgIpc) is 3.17. The fraction of sp³-hybridized carbons (Fsp3) is 0.474. The number of aromatic nitrogens is 2. The van der Waals surface area contributed by atoms with Crippen molar-refractivity contribution in [1.29, 1.82) is 0 Å². The first kappa shape index (κ1) is 18.1. The van der Waals surface area contributed by atoms with Crippen LogP contribution in [0.2, 0.25) is 0 Å². The maximum Gasteiger partial charge on any atom is 0.160 e. The van der Waals surface area contributed by atoms with Gasteiger partial charge in [-0.2, -0.15) is 0 Å². The second kappa shape index (κ2) is 8.60. The van der Waals surface area contributed by atoms with Crippen LogP contribution in [-0.4, -0.2) is 36.8 Å². The lowest BCUT2D eigenvalue weighted by Gasteiger charge is -2.16. The van der Waals surface area contributed by atoms with Gasteiger partial charge in [-0.3, -0.25) is 0 Å². The van der Waals surface area contributed by atoms with Gasteiger partial charge in [0.15, 0.2) is 23.1 Å². The molecule has 1 fully saturated rings. The van der Waals surface area contributed by atoms with Crippen molar-refractivity contribution < 1.29 is 9.47 Å². The minimum absolute atomic E-state index is 0.465. The lowest BCUT2D eigenvalue weighted by Crippen LogP contribution is -2.18. The van der Waals surface area contributed by atoms with E-state index in [0.717, 1.165) is 29.3 Å². The fourth-order valence-electron chi connectivity index (χ4n) is 3.28. The minimum atomic E-state index is 0.465. The fourth-order valence-corrected chi connectivity index (χ4v) is 3.28. The number of anilines is 3. The number of nitrogens with one attached hydrogen (secondary N) is 2. The highest BCUT2D eigenvalue weighted by atomic mass is 16.5. The van der Waals surface area contributed by atoms with Crippen LogP contribution < -0.4 is 25.8 Å². The molecule has 26 heavy (non-hydrogen) atoms. The van der Waals surface area contributed by atoms with Gasteiger partial charge in [0.05, 0.1) is 14.2 Å². The number of rotatable bonds is 8. The topological polar surface area (TPSA) is 94.3 Å². The molecule has 1 aromatic heterocycles. The quantitative estimate of drug-likeness (QED) is 0.668. The normalized spacial score (nSPS) is 14.2. The molecule has 0 aliphatic heterocycles. The summed E-state index contributed by atoms with van der Waals surface area (Å²) in [6.45, 7) is 0.708. The van der Waals surface area contributed by atoms with Gasteiger partial charge in [-0.1, -0.05) is 18.9 Å². The zero-order chi connectivity index (χ0) is 18.4. The van der Waals surface area contributed by atoms with Crippen molar-refractivity contribution in [2.75, 3.05) is 37.1 Å². The molecule has 0 atom stereocenters. The van der Waals surface area contributed by atoms with Crippen LogP contribution in [0.25, 0.3) is 0 Å². The highest BCUT2D eigenvalue weighted by Crippen LogP contribution is 2.29. The third-order valence-electron chi connectivity index (χ3n) is 4.73. The van der Waals surface area contributed by atoms with Gasteiger partial charge in [0.2, 0.25) is 0 Å². The lowest BCUT2D eigenvalue weighted by atomic mass is 10.1. The van der Waals surface area contributed by atoms with Gasteiger partial charge in [0.1, 0.15) is 12.0 Å². The number of methoxy groups -OCH3 is 2. The van der Waals surface area contributed by atoms with Crippen molar-refractivity contribution in [3.8, 4) is 11.5 Å². The number of hydrogen-bond acceptors (Lipinski definition) is 7. The smallest absolute Gasteiger partial charge is 0.160 e. The molecular formula is C19H27N5O2. The highest BCUT2D eigenvalue weighted by molar-refractivity contribution is 5.74. The standard InChI is InChI=1S/C19H27N5O2/c1-25-15-8-7-13(11-16(15)26-2)9-10-21-18-17(20)19(23-12-22-18)24-14-5-3-4-6-14/h7-8,11-12,14H,3-6,9-10,20H2,1-2H3,(H2,21,22,23,24). The molecular weight excluding hydrogens is 330 g/mol. The molecule has 0 saturated heterocycles. The molecule has 7 heteroatoms. The van der Waals surface area contributed by atoms with Gasteiger partial charge in [-0.15, -0.1) is 0 Å². The third-order valence-corrected chi connectivity index (χ3v) is 4.73. The van der Waals surface area contributed by atoms with E-state index in [2.05, 4.69) is 20.6 Å². The lowest BCUT2D eigenvalue weighted by molar-refractivity contribution is 0.354. The molecule has 1 aliphatic carbocycles. The SMILES string of the molecule is COc1ccc(CCNc2ncnc(NC3CCCC3)c2N)cc1OC. The molecule has 0 spiro atoms. The molecule has 1 heterocycles. The number of nitrogen functional groups attached to an aromatic ring is 1. The molecule has 1 saturated carbocycles. The van der Waals surface area contributed by atoms with Crippen LogP contribution in [-0.2, 0) is 6.42 Å². The van der Waals surface area contributed by atoms with Gasteiger partial charge >= 0.3 is 0 Å². The maximum atomic E-state index is 6.24. The molecule has 0 unspecified atom stereocenters. The van der Waals surface area contributed by atoms with Crippen molar-refractivity contribution in [3.05, 3.63) is 30.1 Å². The summed E-state index contributed by atoms with van der Waals surface area (Å²) in [5.74, 6) is 2.85. The molecule has 0 bridgehead atoms. The van der Waals surface area contributed by atoms with Gasteiger partial charge < -0.3 is 25.8 Å². The summed E-state index contributed by atoms with van der Waals surface area (Å²) < 4.78 is 10.6. The molecule has 7 nitrogen and oxygen atoms in total. The third kappa shape index (κ3) is 4.28. The number of ether oxygens (including phenoxy) is 2. The summed E-state index contributed by atoms with van der Waals surface area (Å²) in [6, 6.07) is 6.39. The van der Waals surface area contributed by atoms with Crippen LogP contribution in [0, 0.1) is 0 Å². The van der Waals surface area contributed by atoms with Crippen molar-refractivity contribution in [2.24, 2.45) is 0 Å². The van der Waals surface area contributed by atoms with E-state index in [9.17, 15) is 0 Å². The van der Waals surface area contributed by atoms with E-state index in [-0.39, 0.29) is 0 Å². The van der Waals surface area contributed by atoms with E-state index in [0.29, 0.717) is 24.1 Å². The maximum absolute atomic E-state index is 6.24. The highest BCUT2D eigenvalue weighted by Gasteiger charge is 2.17. The summed E-state index contributed by atoms with van der Waals surface area (Å²) in [6.07, 6.45) is 7.23. The Morgan fingerprint density at radius 3 is 2.54 bits per heavy atom. The second-order valence-corrected chi connectivity index (χ2v) is 6.48. The van der Waals surface area contributed by atoms with Crippen molar-refractivity contribution >= 4 is 17.3 Å². The van der Waals surface area contributed by atoms with Crippen molar-refractivity contribution in [2.45, 2.75) is 38.1 Å². The first-order chi connectivity index (χ1) is 12.7. The Hall–Kier alpha value is -2.70. The van der Waals surface area contributed by atoms with Crippen molar-refractivity contribution in [3.63, 3.8) is 0 Å². The predicted octanol–water partition coefficient (Wildman–Crippen LogP) is 3.09. The number of nitrogens with two attached hydrogens (primary N) is 1. The summed E-state index contributed by atoms with van der Waals surface area (Å²) >= 11 is 0. The van der Waals surface area contributed by atoms with E-state index in [4.69, 9.17) is 15.2 Å². The zero-order valence-corrected chi connectivity index (χ0v) is 15.4. The van der Waals surface area contributed by atoms with Crippen LogP contribution in [0.4, 0.5) is 17.3 Å². The Balaban J connectivity index is 1.59. The monoisotopic (exact) mass is 357 g/mol. The second-order valence-electron chi connectivity index (χ2n) is 6.48. The first-order valence-electron chi connectivity index (χ1n) is 9.03. The molecule has 0 radical (unpaired) electrons. The first-order valence-corrected chi connectivity index (χ1v) is 9.03. The summed E-state index contributed by atoms with van der Waals surface area (Å²) in [5, 5.41) is 6.74. The Kier molecular flexibility index (Phi) is 5.99. The molecule has 0 amide bonds. The Labute approximate surface area is 154 Å². The van der Waals surface area contributed by atoms with Crippen LogP contribution in [0.3, 0.4) is 0 Å². The minimum Gasteiger partial charge on any atom is -0.493 e. The zero-order valence-electron chi connectivity index (χ0n) is 15.4. The van der Waals surface area contributed by atoms with Gasteiger partial charge in [0, 0.05) is 12.6 Å². The van der Waals surface area contributed by atoms with E-state index < -0.39 is 0 Å². The van der Waals surface area contributed by atoms with Gasteiger partial charge in [0.25, 0.3) is 0 Å². The van der Waals surface area contributed by atoms with E-state index in [1.165, 1.54) is 25.7 Å². The van der Waals surface area contributed by atoms with E-state index in [1.54, 1.807) is 20.5 Å². The van der Waals surface area contributed by atoms with Gasteiger partial charge in [-0.25, -0.2) is 9.97 Å². The molecule has 2 aromatic rings. The molecule has 140 valence electrons. The Bertz CT molecular complexity index is 732. The Morgan fingerprint density at radius 2 is 1.81 bits per heavy atom. The van der Waals surface area contributed by atoms with Crippen LogP contribution in [0.15, 0.2) is 24.5 Å². The number of hydrogen-bond donors (Lipinski definition) is 3. The van der Waals surface area contributed by atoms with Crippen LogP contribution >= 0.6 is 0 Å². The summed E-state index contributed by atoms with van der Waals surface area (Å²) in [5.41, 5.74) is 7.96. The molecule has 3 rings (SSSR count). The summed E-state index contributed by atoms with van der Waals surface area (Å²) in [4.78, 5) is 8.57. The van der Waals surface area contributed by atoms with Crippen molar-refractivity contribution in [1.82, 2.24) is 9.97 Å². The largest absolute Gasteiger partial charge is 0.493 e. The molecule has 4 N–H and O–H groups in total.